The van der Waals surface area contributed by atoms with E-state index in [2.05, 4.69) is 0 Å². The molecule has 0 aromatic rings. The number of hydrogen-bond acceptors (Lipinski definition) is 3. The Labute approximate surface area is 67.5 Å². The van der Waals surface area contributed by atoms with E-state index in [1.165, 1.54) is 7.11 Å². The van der Waals surface area contributed by atoms with Crippen LogP contribution in [0.1, 0.15) is 6.92 Å². The van der Waals surface area contributed by atoms with E-state index in [9.17, 15) is 5.11 Å². The van der Waals surface area contributed by atoms with Crippen LogP contribution in [0.15, 0.2) is 0 Å². The summed E-state index contributed by atoms with van der Waals surface area (Å²) in [6.07, 6.45) is -0.246. The summed E-state index contributed by atoms with van der Waals surface area (Å²) in [6, 6.07) is 0. The average molecular weight is 126 g/mol. The first-order chi connectivity index (χ1) is 3.81. The van der Waals surface area contributed by atoms with E-state index < -0.39 is 0 Å². The van der Waals surface area contributed by atoms with Gasteiger partial charge in [-0.15, -0.1) is 6.61 Å². The van der Waals surface area contributed by atoms with Crippen LogP contribution in [0.4, 0.5) is 0 Å². The van der Waals surface area contributed by atoms with Crippen molar-refractivity contribution in [1.82, 2.24) is 0 Å². The molecule has 0 fully saturated rings. The van der Waals surface area contributed by atoms with E-state index in [4.69, 9.17) is 9.47 Å². The Balaban J connectivity index is 0. The molecule has 1 atom stereocenters. The van der Waals surface area contributed by atoms with E-state index in [-0.39, 0.29) is 38.4 Å². The maximum Gasteiger partial charge on any atom is 1.00 e. The van der Waals surface area contributed by atoms with Gasteiger partial charge in [0.15, 0.2) is 6.29 Å². The number of ether oxygens (including phenoxy) is 2. The summed E-state index contributed by atoms with van der Waals surface area (Å²) in [5.41, 5.74) is 0. The maximum absolute atomic E-state index is 9.77. The average Bonchev–Trinajstić information content (AvgIpc) is 1.83. The summed E-state index contributed by atoms with van der Waals surface area (Å²) in [4.78, 5) is 0. The molecule has 50 valence electrons. The van der Waals surface area contributed by atoms with E-state index in [1.54, 1.807) is 6.92 Å². The Kier molecular flexibility index (Phi) is 11.5. The number of methoxy groups -OCH3 is 1. The fourth-order valence-corrected chi connectivity index (χ4v) is 0.282. The third-order valence-electron chi connectivity index (χ3n) is 0.768. The van der Waals surface area contributed by atoms with Crippen molar-refractivity contribution in [3.63, 3.8) is 0 Å². The topological polar surface area (TPSA) is 41.5 Å². The van der Waals surface area contributed by atoms with Gasteiger partial charge in [0.2, 0.25) is 0 Å². The molecule has 0 rings (SSSR count). The normalized spacial score (nSPS) is 12.3. The van der Waals surface area contributed by atoms with Gasteiger partial charge in [-0.25, -0.2) is 0 Å². The van der Waals surface area contributed by atoms with Gasteiger partial charge >= 0.3 is 18.9 Å². The monoisotopic (exact) mass is 126 g/mol. The minimum Gasteiger partial charge on any atom is -0.853 e. The quantitative estimate of drug-likeness (QED) is 0.288. The summed E-state index contributed by atoms with van der Waals surface area (Å²) < 4.78 is 9.50. The summed E-state index contributed by atoms with van der Waals surface area (Å²) in [6.45, 7) is 1.78. The van der Waals surface area contributed by atoms with Crippen LogP contribution >= 0.6 is 0 Å². The maximum atomic E-state index is 9.77. The molecule has 0 heterocycles. The molecule has 0 aromatic carbocycles. The van der Waals surface area contributed by atoms with Crippen molar-refractivity contribution in [2.45, 2.75) is 13.2 Å². The third-order valence-corrected chi connectivity index (χ3v) is 0.768. The molecule has 9 heavy (non-hydrogen) atoms. The fraction of sp³-hybridized carbons (Fsp3) is 1.00. The minimum atomic E-state index is -0.246. The molecule has 0 saturated heterocycles. The molecule has 0 bridgehead atoms. The molecule has 0 N–H and O–H groups in total. The van der Waals surface area contributed by atoms with Gasteiger partial charge in [0.1, 0.15) is 0 Å². The summed E-state index contributed by atoms with van der Waals surface area (Å²) in [5.74, 6) is 0. The molecule has 0 amide bonds. The van der Waals surface area contributed by atoms with Gasteiger partial charge in [-0.05, 0) is 6.92 Å². The van der Waals surface area contributed by atoms with E-state index >= 15 is 0 Å². The van der Waals surface area contributed by atoms with Gasteiger partial charge in [-0.2, -0.15) is 0 Å². The van der Waals surface area contributed by atoms with Gasteiger partial charge in [0.25, 0.3) is 0 Å². The number of hydrogen-bond donors (Lipinski definition) is 0. The first-order valence-electron chi connectivity index (χ1n) is 2.53. The van der Waals surface area contributed by atoms with Crippen LogP contribution in [-0.4, -0.2) is 26.6 Å². The molecule has 0 aliphatic carbocycles. The van der Waals surface area contributed by atoms with Crippen LogP contribution in [0.25, 0.3) is 0 Å². The molecule has 0 spiro atoms. The van der Waals surface area contributed by atoms with E-state index in [0.717, 1.165) is 0 Å². The minimum absolute atomic E-state index is 0. The first-order valence-corrected chi connectivity index (χ1v) is 2.53. The fourth-order valence-electron chi connectivity index (χ4n) is 0.282. The van der Waals surface area contributed by atoms with Crippen LogP contribution in [-0.2, 0) is 9.47 Å². The summed E-state index contributed by atoms with van der Waals surface area (Å²) >= 11 is 0. The van der Waals surface area contributed by atoms with Crippen LogP contribution in [0.5, 0.6) is 0 Å². The van der Waals surface area contributed by atoms with Crippen molar-refractivity contribution in [3.05, 3.63) is 0 Å². The van der Waals surface area contributed by atoms with Gasteiger partial charge in [-0.1, -0.05) is 0 Å². The molecule has 0 aliphatic heterocycles. The Morgan fingerprint density at radius 2 is 2.11 bits per heavy atom. The zero-order valence-electron chi connectivity index (χ0n) is 6.22. The van der Waals surface area contributed by atoms with Crippen molar-refractivity contribution < 1.29 is 33.4 Å². The van der Waals surface area contributed by atoms with Crippen molar-refractivity contribution in [1.29, 1.82) is 0 Å². The second-order valence-corrected chi connectivity index (χ2v) is 1.38. The van der Waals surface area contributed by atoms with Crippen molar-refractivity contribution >= 4 is 0 Å². The second-order valence-electron chi connectivity index (χ2n) is 1.38. The molecule has 0 radical (unpaired) electrons. The van der Waals surface area contributed by atoms with Crippen LogP contribution in [0, 0.1) is 0 Å². The van der Waals surface area contributed by atoms with Crippen LogP contribution < -0.4 is 24.0 Å². The number of rotatable bonds is 4. The van der Waals surface area contributed by atoms with E-state index in [1.807, 2.05) is 0 Å². The molecule has 0 aliphatic rings. The molecular formula is C5H11LiO3. The van der Waals surface area contributed by atoms with Crippen molar-refractivity contribution in [2.24, 2.45) is 0 Å². The smallest absolute Gasteiger partial charge is 0.853 e. The largest absolute Gasteiger partial charge is 1.00 e. The van der Waals surface area contributed by atoms with Gasteiger partial charge < -0.3 is 14.6 Å². The van der Waals surface area contributed by atoms with Crippen LogP contribution in [0.3, 0.4) is 0 Å². The Morgan fingerprint density at radius 3 is 2.44 bits per heavy atom. The Hall–Kier alpha value is 0.477. The molecule has 3 nitrogen and oxygen atoms in total. The van der Waals surface area contributed by atoms with Gasteiger partial charge in [-0.3, -0.25) is 0 Å². The zero-order valence-corrected chi connectivity index (χ0v) is 6.22. The Morgan fingerprint density at radius 1 is 1.56 bits per heavy atom. The molecular weight excluding hydrogens is 115 g/mol. The van der Waals surface area contributed by atoms with Crippen molar-refractivity contribution in [3.8, 4) is 0 Å². The van der Waals surface area contributed by atoms with Gasteiger partial charge in [0, 0.05) is 13.7 Å². The second kappa shape index (κ2) is 8.48. The molecule has 0 saturated carbocycles. The SMILES string of the molecule is COC(C)OCC[O-].[Li+]. The predicted octanol–water partition coefficient (Wildman–Crippen LogP) is -3.64. The van der Waals surface area contributed by atoms with Crippen LogP contribution in [0.2, 0.25) is 0 Å². The molecule has 0 aromatic heterocycles. The summed E-state index contributed by atoms with van der Waals surface area (Å²) in [5, 5.41) is 9.77. The standard InChI is InChI=1S/C5H11O3.Li/c1-5(7-2)8-4-3-6;/h5H,3-4H2,1-2H3;/q-1;+1. The predicted molar refractivity (Wildman–Crippen MR) is 27.3 cm³/mol. The third kappa shape index (κ3) is 8.48. The van der Waals surface area contributed by atoms with Crippen molar-refractivity contribution in [2.75, 3.05) is 20.3 Å². The Bertz CT molecular complexity index is 51.5. The molecule has 4 heteroatoms. The van der Waals surface area contributed by atoms with E-state index in [0.29, 0.717) is 0 Å². The zero-order chi connectivity index (χ0) is 6.41. The first kappa shape index (κ1) is 12.2. The summed E-state index contributed by atoms with van der Waals surface area (Å²) in [7, 11) is 1.54. The van der Waals surface area contributed by atoms with Gasteiger partial charge in [0.05, 0.1) is 0 Å². The molecule has 1 unspecified atom stereocenters.